The van der Waals surface area contributed by atoms with Crippen LogP contribution in [0.1, 0.15) is 0 Å². The molecule has 3 rings (SSSR count). The van der Waals surface area contributed by atoms with Crippen LogP contribution in [0.5, 0.6) is 5.75 Å². The van der Waals surface area contributed by atoms with Crippen LogP contribution in [-0.4, -0.2) is 13.3 Å². The average molecular weight is 321 g/mol. The fraction of sp³-hybridized carbons (Fsp3) is 0.0625. The number of benzene rings is 3. The van der Waals surface area contributed by atoms with Crippen LogP contribution in [0.3, 0.4) is 0 Å². The Labute approximate surface area is 131 Å². The zero-order valence-corrected chi connectivity index (χ0v) is 12.5. The van der Waals surface area contributed by atoms with E-state index >= 15 is 0 Å². The second-order valence-electron chi connectivity index (χ2n) is 4.44. The topological polar surface area (TPSA) is 35.5 Å². The number of rotatable bonds is 1. The van der Waals surface area contributed by atoms with Crippen molar-refractivity contribution in [2.75, 3.05) is 7.11 Å². The van der Waals surface area contributed by atoms with Crippen LogP contribution in [0, 0.1) is 0 Å². The van der Waals surface area contributed by atoms with Gasteiger partial charge in [0.25, 0.3) is 0 Å². The molecular formula is C16H10Cl2O3. The molecule has 0 bridgehead atoms. The third kappa shape index (κ3) is 2.39. The van der Waals surface area contributed by atoms with Gasteiger partial charge in [-0.05, 0) is 29.0 Å². The standard InChI is InChI=1S/C16H10Cl2O3/c1-20-16(19)21-15-13-9(4-2-6-11(13)17)8-10-5-3-7-12(18)14(10)15/h2-8H,1H3. The van der Waals surface area contributed by atoms with E-state index in [2.05, 4.69) is 4.74 Å². The van der Waals surface area contributed by atoms with E-state index in [0.29, 0.717) is 26.6 Å². The van der Waals surface area contributed by atoms with Crippen molar-refractivity contribution in [1.29, 1.82) is 0 Å². The van der Waals surface area contributed by atoms with Crippen LogP contribution in [0.15, 0.2) is 42.5 Å². The first-order valence-corrected chi connectivity index (χ1v) is 6.92. The molecule has 0 aliphatic carbocycles. The van der Waals surface area contributed by atoms with Crippen LogP contribution in [0.25, 0.3) is 21.5 Å². The normalized spacial score (nSPS) is 10.8. The van der Waals surface area contributed by atoms with Gasteiger partial charge in [0.2, 0.25) is 0 Å². The molecular weight excluding hydrogens is 311 g/mol. The molecule has 0 fully saturated rings. The molecule has 0 heterocycles. The fourth-order valence-corrected chi connectivity index (χ4v) is 2.86. The molecule has 5 heteroatoms. The fourth-order valence-electron chi connectivity index (χ4n) is 2.32. The van der Waals surface area contributed by atoms with Crippen molar-refractivity contribution in [2.45, 2.75) is 0 Å². The predicted molar refractivity (Wildman–Crippen MR) is 84.5 cm³/mol. The van der Waals surface area contributed by atoms with Gasteiger partial charge in [0.15, 0.2) is 5.75 Å². The molecule has 0 aliphatic rings. The van der Waals surface area contributed by atoms with E-state index in [9.17, 15) is 4.79 Å². The molecule has 0 aromatic heterocycles. The highest BCUT2D eigenvalue weighted by Gasteiger charge is 2.17. The van der Waals surface area contributed by atoms with Gasteiger partial charge < -0.3 is 9.47 Å². The van der Waals surface area contributed by atoms with Gasteiger partial charge in [-0.25, -0.2) is 4.79 Å². The molecule has 0 aliphatic heterocycles. The minimum Gasteiger partial charge on any atom is -0.437 e. The summed E-state index contributed by atoms with van der Waals surface area (Å²) < 4.78 is 9.91. The van der Waals surface area contributed by atoms with E-state index in [0.717, 1.165) is 10.8 Å². The van der Waals surface area contributed by atoms with E-state index in [4.69, 9.17) is 27.9 Å². The molecule has 0 unspecified atom stereocenters. The summed E-state index contributed by atoms with van der Waals surface area (Å²) in [5, 5.41) is 3.93. The minimum atomic E-state index is -0.816. The third-order valence-corrected chi connectivity index (χ3v) is 3.84. The Morgan fingerprint density at radius 2 is 1.48 bits per heavy atom. The van der Waals surface area contributed by atoms with Gasteiger partial charge in [-0.1, -0.05) is 47.5 Å². The van der Waals surface area contributed by atoms with Crippen LogP contribution in [0.4, 0.5) is 4.79 Å². The Morgan fingerprint density at radius 1 is 0.952 bits per heavy atom. The summed E-state index contributed by atoms with van der Waals surface area (Å²) in [6.07, 6.45) is -0.816. The van der Waals surface area contributed by atoms with Crippen molar-refractivity contribution in [2.24, 2.45) is 0 Å². The highest BCUT2D eigenvalue weighted by molar-refractivity contribution is 6.39. The van der Waals surface area contributed by atoms with E-state index in [1.807, 2.05) is 30.3 Å². The van der Waals surface area contributed by atoms with E-state index in [1.165, 1.54) is 7.11 Å². The predicted octanol–water partition coefficient (Wildman–Crippen LogP) is 5.45. The third-order valence-electron chi connectivity index (χ3n) is 3.21. The maximum atomic E-state index is 11.6. The zero-order valence-electron chi connectivity index (χ0n) is 11.0. The summed E-state index contributed by atoms with van der Waals surface area (Å²) in [7, 11) is 1.25. The molecule has 3 nitrogen and oxygen atoms in total. The second-order valence-corrected chi connectivity index (χ2v) is 5.25. The number of carbonyl (C=O) groups is 1. The quantitative estimate of drug-likeness (QED) is 0.340. The maximum Gasteiger partial charge on any atom is 0.513 e. The average Bonchev–Trinajstić information content (AvgIpc) is 2.46. The first-order valence-electron chi connectivity index (χ1n) is 6.17. The molecule has 21 heavy (non-hydrogen) atoms. The monoisotopic (exact) mass is 320 g/mol. The summed E-state index contributed by atoms with van der Waals surface area (Å²) in [6.45, 7) is 0. The minimum absolute atomic E-state index is 0.311. The highest BCUT2D eigenvalue weighted by Crippen LogP contribution is 2.41. The van der Waals surface area contributed by atoms with Crippen LogP contribution in [-0.2, 0) is 4.74 Å². The first-order chi connectivity index (χ1) is 10.1. The van der Waals surface area contributed by atoms with Gasteiger partial charge in [-0.15, -0.1) is 0 Å². The van der Waals surface area contributed by atoms with Crippen molar-refractivity contribution in [3.8, 4) is 5.75 Å². The highest BCUT2D eigenvalue weighted by atomic mass is 35.5. The summed E-state index contributed by atoms with van der Waals surface area (Å²) in [5.41, 5.74) is 0. The number of ether oxygens (including phenoxy) is 2. The molecule has 0 saturated carbocycles. The number of fused-ring (bicyclic) bond motifs is 2. The Kier molecular flexibility index (Phi) is 3.62. The SMILES string of the molecule is COC(=O)Oc1c2c(Cl)cccc2cc2cccc(Cl)c12. The largest absolute Gasteiger partial charge is 0.513 e. The maximum absolute atomic E-state index is 11.6. The lowest BCUT2D eigenvalue weighted by atomic mass is 10.0. The first kappa shape index (κ1) is 14.0. The van der Waals surface area contributed by atoms with Gasteiger partial charge in [-0.2, -0.15) is 0 Å². The van der Waals surface area contributed by atoms with Gasteiger partial charge in [-0.3, -0.25) is 0 Å². The molecule has 0 atom stereocenters. The Hall–Kier alpha value is -1.97. The molecule has 106 valence electrons. The number of carbonyl (C=O) groups excluding carboxylic acids is 1. The summed E-state index contributed by atoms with van der Waals surface area (Å²) in [4.78, 5) is 11.6. The lowest BCUT2D eigenvalue weighted by Gasteiger charge is -2.13. The molecule has 0 radical (unpaired) electrons. The van der Waals surface area contributed by atoms with Gasteiger partial charge in [0, 0.05) is 10.8 Å². The van der Waals surface area contributed by atoms with Crippen LogP contribution < -0.4 is 4.74 Å². The Morgan fingerprint density at radius 3 is 1.95 bits per heavy atom. The summed E-state index contributed by atoms with van der Waals surface area (Å²) in [5.74, 6) is 0.311. The summed E-state index contributed by atoms with van der Waals surface area (Å²) >= 11 is 12.5. The molecule has 3 aromatic rings. The number of halogens is 2. The number of methoxy groups -OCH3 is 1. The molecule has 0 saturated heterocycles. The van der Waals surface area contributed by atoms with E-state index in [-0.39, 0.29) is 0 Å². The molecule has 0 amide bonds. The second kappa shape index (κ2) is 5.43. The van der Waals surface area contributed by atoms with Crippen molar-refractivity contribution in [1.82, 2.24) is 0 Å². The summed E-state index contributed by atoms with van der Waals surface area (Å²) in [6, 6.07) is 12.9. The number of hydrogen-bond acceptors (Lipinski definition) is 3. The Bertz CT molecular complexity index is 799. The van der Waals surface area contributed by atoms with Gasteiger partial charge in [0.05, 0.1) is 17.2 Å². The van der Waals surface area contributed by atoms with Crippen molar-refractivity contribution < 1.29 is 14.3 Å². The zero-order chi connectivity index (χ0) is 15.0. The number of hydrogen-bond donors (Lipinski definition) is 0. The van der Waals surface area contributed by atoms with Crippen molar-refractivity contribution >= 4 is 50.9 Å². The Balaban J connectivity index is 2.47. The lowest BCUT2D eigenvalue weighted by Crippen LogP contribution is -2.08. The van der Waals surface area contributed by atoms with Crippen LogP contribution in [0.2, 0.25) is 10.0 Å². The smallest absolute Gasteiger partial charge is 0.437 e. The van der Waals surface area contributed by atoms with Crippen molar-refractivity contribution in [3.05, 3.63) is 52.5 Å². The van der Waals surface area contributed by atoms with E-state index in [1.54, 1.807) is 12.1 Å². The van der Waals surface area contributed by atoms with Gasteiger partial charge >= 0.3 is 6.16 Å². The van der Waals surface area contributed by atoms with Gasteiger partial charge in [0.1, 0.15) is 0 Å². The van der Waals surface area contributed by atoms with Crippen LogP contribution >= 0.6 is 23.2 Å². The molecule has 3 aromatic carbocycles. The molecule has 0 spiro atoms. The van der Waals surface area contributed by atoms with E-state index < -0.39 is 6.16 Å². The van der Waals surface area contributed by atoms with Crippen molar-refractivity contribution in [3.63, 3.8) is 0 Å². The lowest BCUT2D eigenvalue weighted by molar-refractivity contribution is 0.122. The molecule has 0 N–H and O–H groups in total.